The van der Waals surface area contributed by atoms with E-state index in [2.05, 4.69) is 5.32 Å². The van der Waals surface area contributed by atoms with Gasteiger partial charge in [0.05, 0.1) is 12.0 Å². The van der Waals surface area contributed by atoms with Gasteiger partial charge in [-0.05, 0) is 26.2 Å². The van der Waals surface area contributed by atoms with Gasteiger partial charge in [0.1, 0.15) is 12.7 Å². The van der Waals surface area contributed by atoms with Crippen molar-refractivity contribution in [1.29, 1.82) is 0 Å². The van der Waals surface area contributed by atoms with Crippen molar-refractivity contribution < 1.29 is 19.7 Å². The highest BCUT2D eigenvalue weighted by molar-refractivity contribution is 5.75. The highest BCUT2D eigenvalue weighted by Gasteiger charge is 2.27. The molecule has 0 heterocycles. The molecule has 5 nitrogen and oxygen atoms in total. The molecule has 0 aromatic carbocycles. The summed E-state index contributed by atoms with van der Waals surface area (Å²) in [5.74, 6) is -0.0182. The Labute approximate surface area is 116 Å². The van der Waals surface area contributed by atoms with Gasteiger partial charge < -0.3 is 20.3 Å². The molecule has 5 heteroatoms. The molecule has 2 atom stereocenters. The van der Waals surface area contributed by atoms with Crippen LogP contribution < -0.4 is 5.32 Å². The Morgan fingerprint density at radius 3 is 2.37 bits per heavy atom. The van der Waals surface area contributed by atoms with Crippen LogP contribution in [-0.2, 0) is 9.53 Å². The van der Waals surface area contributed by atoms with Gasteiger partial charge in [0.2, 0.25) is 0 Å². The second-order valence-electron chi connectivity index (χ2n) is 5.93. The van der Waals surface area contributed by atoms with Gasteiger partial charge in [-0.2, -0.15) is 0 Å². The topological polar surface area (TPSA) is 78.8 Å². The standard InChI is InChI=1S/C14H29NO4/c1-6-14(4,5)13(18)19-9-11(17)7-15-12(8-16)10(2)3/h10-12,15-17H,6-9H2,1-5H3. The first-order chi connectivity index (χ1) is 8.74. The van der Waals surface area contributed by atoms with Gasteiger partial charge in [0, 0.05) is 12.6 Å². The Balaban J connectivity index is 4.00. The average molecular weight is 275 g/mol. The number of nitrogens with one attached hydrogen (secondary N) is 1. The summed E-state index contributed by atoms with van der Waals surface area (Å²) in [5, 5.41) is 21.9. The Morgan fingerprint density at radius 2 is 1.95 bits per heavy atom. The maximum absolute atomic E-state index is 11.7. The molecule has 114 valence electrons. The van der Waals surface area contributed by atoms with E-state index in [1.807, 2.05) is 34.6 Å². The number of carbonyl (C=O) groups is 1. The van der Waals surface area contributed by atoms with E-state index in [0.29, 0.717) is 13.0 Å². The van der Waals surface area contributed by atoms with Crippen molar-refractivity contribution in [3.63, 3.8) is 0 Å². The van der Waals surface area contributed by atoms with Crippen molar-refractivity contribution in [1.82, 2.24) is 5.32 Å². The number of esters is 1. The van der Waals surface area contributed by atoms with Gasteiger partial charge in [-0.15, -0.1) is 0 Å². The second kappa shape index (κ2) is 8.51. The molecule has 0 amide bonds. The first kappa shape index (κ1) is 18.4. The molecule has 0 bridgehead atoms. The van der Waals surface area contributed by atoms with Crippen LogP contribution in [0.2, 0.25) is 0 Å². The molecule has 19 heavy (non-hydrogen) atoms. The smallest absolute Gasteiger partial charge is 0.311 e. The van der Waals surface area contributed by atoms with Crippen LogP contribution in [-0.4, -0.2) is 48.1 Å². The lowest BCUT2D eigenvalue weighted by atomic mass is 9.91. The van der Waals surface area contributed by atoms with Crippen LogP contribution in [0.4, 0.5) is 0 Å². The molecule has 0 rings (SSSR count). The van der Waals surface area contributed by atoms with E-state index in [-0.39, 0.29) is 31.1 Å². The molecule has 0 fully saturated rings. The number of rotatable bonds is 9. The summed E-state index contributed by atoms with van der Waals surface area (Å²) >= 11 is 0. The van der Waals surface area contributed by atoms with Gasteiger partial charge in [-0.3, -0.25) is 4.79 Å². The van der Waals surface area contributed by atoms with Gasteiger partial charge in [-0.25, -0.2) is 0 Å². The Morgan fingerprint density at radius 1 is 1.37 bits per heavy atom. The Kier molecular flexibility index (Phi) is 8.22. The van der Waals surface area contributed by atoms with E-state index in [1.54, 1.807) is 0 Å². The Hall–Kier alpha value is -0.650. The van der Waals surface area contributed by atoms with E-state index in [0.717, 1.165) is 0 Å². The van der Waals surface area contributed by atoms with Crippen molar-refractivity contribution in [2.24, 2.45) is 11.3 Å². The molecule has 0 saturated heterocycles. The first-order valence-corrected chi connectivity index (χ1v) is 6.94. The second-order valence-corrected chi connectivity index (χ2v) is 5.93. The molecule has 0 aliphatic rings. The molecular weight excluding hydrogens is 246 g/mol. The SMILES string of the molecule is CCC(C)(C)C(=O)OCC(O)CNC(CO)C(C)C. The van der Waals surface area contributed by atoms with E-state index >= 15 is 0 Å². The minimum atomic E-state index is -0.760. The molecule has 0 radical (unpaired) electrons. The predicted molar refractivity (Wildman–Crippen MR) is 74.8 cm³/mol. The van der Waals surface area contributed by atoms with Crippen molar-refractivity contribution in [2.75, 3.05) is 19.8 Å². The minimum Gasteiger partial charge on any atom is -0.462 e. The number of hydrogen-bond acceptors (Lipinski definition) is 5. The highest BCUT2D eigenvalue weighted by atomic mass is 16.5. The van der Waals surface area contributed by atoms with Crippen molar-refractivity contribution >= 4 is 5.97 Å². The summed E-state index contributed by atoms with van der Waals surface area (Å²) in [7, 11) is 0. The van der Waals surface area contributed by atoms with Crippen LogP contribution in [0.25, 0.3) is 0 Å². The molecule has 0 spiro atoms. The van der Waals surface area contributed by atoms with Crippen LogP contribution in [0.15, 0.2) is 0 Å². The monoisotopic (exact) mass is 275 g/mol. The number of ether oxygens (including phenoxy) is 1. The van der Waals surface area contributed by atoms with Crippen LogP contribution in [0.5, 0.6) is 0 Å². The lowest BCUT2D eigenvalue weighted by Gasteiger charge is -2.24. The van der Waals surface area contributed by atoms with Gasteiger partial charge in [-0.1, -0.05) is 20.8 Å². The lowest BCUT2D eigenvalue weighted by Crippen LogP contribution is -2.43. The van der Waals surface area contributed by atoms with Crippen molar-refractivity contribution in [2.45, 2.75) is 53.2 Å². The van der Waals surface area contributed by atoms with Gasteiger partial charge in [0.15, 0.2) is 0 Å². The van der Waals surface area contributed by atoms with Gasteiger partial charge >= 0.3 is 5.97 Å². The summed E-state index contributed by atoms with van der Waals surface area (Å²) in [6, 6.07) is -0.0579. The maximum Gasteiger partial charge on any atom is 0.311 e. The number of hydrogen-bond donors (Lipinski definition) is 3. The summed E-state index contributed by atoms with van der Waals surface area (Å²) in [5.41, 5.74) is -0.515. The zero-order valence-corrected chi connectivity index (χ0v) is 12.8. The van der Waals surface area contributed by atoms with Crippen LogP contribution in [0, 0.1) is 11.3 Å². The molecular formula is C14H29NO4. The fourth-order valence-electron chi connectivity index (χ4n) is 1.37. The minimum absolute atomic E-state index is 0.0209. The third kappa shape index (κ3) is 6.89. The van der Waals surface area contributed by atoms with Crippen LogP contribution in [0.1, 0.15) is 41.0 Å². The summed E-state index contributed by atoms with van der Waals surface area (Å²) in [6.07, 6.45) is -0.0653. The van der Waals surface area contributed by atoms with Crippen LogP contribution in [0.3, 0.4) is 0 Å². The molecule has 0 aromatic rings. The van der Waals surface area contributed by atoms with Crippen molar-refractivity contribution in [3.8, 4) is 0 Å². The third-order valence-electron chi connectivity index (χ3n) is 3.46. The number of carbonyl (C=O) groups excluding carboxylic acids is 1. The molecule has 0 aromatic heterocycles. The van der Waals surface area contributed by atoms with E-state index < -0.39 is 11.5 Å². The predicted octanol–water partition coefficient (Wildman–Crippen LogP) is 0.933. The van der Waals surface area contributed by atoms with Gasteiger partial charge in [0.25, 0.3) is 0 Å². The number of aliphatic hydroxyl groups is 2. The zero-order valence-electron chi connectivity index (χ0n) is 12.8. The molecule has 0 aliphatic heterocycles. The summed E-state index contributed by atoms with van der Waals surface area (Å²) in [6.45, 7) is 9.84. The highest BCUT2D eigenvalue weighted by Crippen LogP contribution is 2.21. The van der Waals surface area contributed by atoms with E-state index in [1.165, 1.54) is 0 Å². The fraction of sp³-hybridized carbons (Fsp3) is 0.929. The molecule has 2 unspecified atom stereocenters. The van der Waals surface area contributed by atoms with E-state index in [9.17, 15) is 9.90 Å². The molecule has 3 N–H and O–H groups in total. The van der Waals surface area contributed by atoms with Crippen LogP contribution >= 0.6 is 0 Å². The largest absolute Gasteiger partial charge is 0.462 e. The molecule has 0 aliphatic carbocycles. The first-order valence-electron chi connectivity index (χ1n) is 6.94. The maximum atomic E-state index is 11.7. The lowest BCUT2D eigenvalue weighted by molar-refractivity contribution is -0.157. The third-order valence-corrected chi connectivity index (χ3v) is 3.46. The molecule has 0 saturated carbocycles. The normalized spacial score (nSPS) is 15.4. The van der Waals surface area contributed by atoms with Crippen molar-refractivity contribution in [3.05, 3.63) is 0 Å². The zero-order chi connectivity index (χ0) is 15.1. The number of aliphatic hydroxyl groups excluding tert-OH is 2. The average Bonchev–Trinajstić information content (AvgIpc) is 2.36. The summed E-state index contributed by atoms with van der Waals surface area (Å²) in [4.78, 5) is 11.7. The van der Waals surface area contributed by atoms with E-state index in [4.69, 9.17) is 9.84 Å². The quantitative estimate of drug-likeness (QED) is 0.546. The summed E-state index contributed by atoms with van der Waals surface area (Å²) < 4.78 is 5.09. The fourth-order valence-corrected chi connectivity index (χ4v) is 1.37. The Bertz CT molecular complexity index is 266.